The van der Waals surface area contributed by atoms with Crippen LogP contribution in [0.2, 0.25) is 0 Å². The fraction of sp³-hybridized carbons (Fsp3) is 0.348. The Labute approximate surface area is 203 Å². The largest absolute Gasteiger partial charge is 0.482 e. The fourth-order valence-corrected chi connectivity index (χ4v) is 4.50. The first-order valence-electron chi connectivity index (χ1n) is 10.4. The maximum Gasteiger partial charge on any atom is 0.417 e. The van der Waals surface area contributed by atoms with Crippen LogP contribution in [0.15, 0.2) is 36.4 Å². The van der Waals surface area contributed by atoms with Crippen molar-refractivity contribution >= 4 is 34.6 Å². The van der Waals surface area contributed by atoms with Gasteiger partial charge < -0.3 is 19.5 Å². The average molecular weight is 509 g/mol. The quantitative estimate of drug-likeness (QED) is 0.496. The summed E-state index contributed by atoms with van der Waals surface area (Å²) in [6, 6.07) is 8.19. The molecule has 184 valence electrons. The van der Waals surface area contributed by atoms with Gasteiger partial charge in [0, 0.05) is 11.8 Å². The van der Waals surface area contributed by atoms with Crippen molar-refractivity contribution in [3.05, 3.63) is 53.3 Å². The number of rotatable bonds is 4. The number of thiocarbonyl (C=S) groups is 1. The number of alkyl halides is 3. The zero-order valence-electron chi connectivity index (χ0n) is 18.5. The number of hydrogen-bond donors (Lipinski definition) is 1. The minimum Gasteiger partial charge on any atom is -0.482 e. The molecular weight excluding hydrogens is 490 g/mol. The summed E-state index contributed by atoms with van der Waals surface area (Å²) in [5, 5.41) is 18.7. The molecule has 2 aliphatic heterocycles. The van der Waals surface area contributed by atoms with Crippen LogP contribution in [0.4, 0.5) is 28.9 Å². The van der Waals surface area contributed by atoms with Gasteiger partial charge in [-0.2, -0.15) is 18.4 Å². The van der Waals surface area contributed by atoms with Gasteiger partial charge in [-0.3, -0.25) is 9.69 Å². The summed E-state index contributed by atoms with van der Waals surface area (Å²) in [5.74, 6) is -1.56. The van der Waals surface area contributed by atoms with Gasteiger partial charge in [0.2, 0.25) is 0 Å². The molecule has 1 N–H and O–H groups in total. The van der Waals surface area contributed by atoms with E-state index in [1.807, 2.05) is 0 Å². The number of carbonyl (C=O) groups excluding carboxylic acids is 1. The summed E-state index contributed by atoms with van der Waals surface area (Å²) < 4.78 is 65.8. The van der Waals surface area contributed by atoms with E-state index in [4.69, 9.17) is 27.0 Å². The lowest BCUT2D eigenvalue weighted by Gasteiger charge is -2.29. The smallest absolute Gasteiger partial charge is 0.417 e. The summed E-state index contributed by atoms with van der Waals surface area (Å²) in [4.78, 5) is 15.5. The molecule has 2 atom stereocenters. The van der Waals surface area contributed by atoms with E-state index in [-0.39, 0.29) is 35.5 Å². The van der Waals surface area contributed by atoms with E-state index in [0.717, 1.165) is 17.0 Å². The normalized spacial score (nSPS) is 22.0. The van der Waals surface area contributed by atoms with Gasteiger partial charge in [-0.1, -0.05) is 0 Å². The van der Waals surface area contributed by atoms with E-state index < -0.39 is 46.8 Å². The molecule has 2 aromatic rings. The third kappa shape index (κ3) is 4.31. The van der Waals surface area contributed by atoms with Gasteiger partial charge in [0.1, 0.15) is 11.6 Å². The van der Waals surface area contributed by atoms with Crippen LogP contribution in [0, 0.1) is 17.1 Å². The molecule has 0 bridgehead atoms. The highest BCUT2D eigenvalue weighted by Gasteiger charge is 2.51. The average Bonchev–Trinajstić information content (AvgIpc) is 3.26. The summed E-state index contributed by atoms with van der Waals surface area (Å²) >= 11 is 5.44. The SMILES string of the molecule is CC1(C)C(=O)N(c2ccc(C#N)c(C(F)(F)F)c2)C(=S)N1c1ccc(O[C@@H]2COC[C@@H]2O)c(F)c1. The number of aliphatic hydroxyl groups excluding tert-OH is 1. The number of aliphatic hydroxyl groups is 1. The summed E-state index contributed by atoms with van der Waals surface area (Å²) in [5.41, 5.74) is -3.15. The molecular formula is C23H19F4N3O4S. The lowest BCUT2D eigenvalue weighted by molar-refractivity contribution is -0.137. The van der Waals surface area contributed by atoms with Gasteiger partial charge in [0.05, 0.1) is 36.1 Å². The number of carbonyl (C=O) groups is 1. The third-order valence-corrected chi connectivity index (χ3v) is 6.17. The Balaban J connectivity index is 1.68. The van der Waals surface area contributed by atoms with Gasteiger partial charge in [-0.15, -0.1) is 0 Å². The van der Waals surface area contributed by atoms with Crippen molar-refractivity contribution in [3.8, 4) is 11.8 Å². The minimum absolute atomic E-state index is 0.0734. The van der Waals surface area contributed by atoms with Crippen molar-refractivity contribution in [2.45, 2.75) is 37.8 Å². The van der Waals surface area contributed by atoms with E-state index in [2.05, 4.69) is 0 Å². The molecule has 35 heavy (non-hydrogen) atoms. The molecule has 0 radical (unpaired) electrons. The second kappa shape index (κ2) is 8.75. The Kier molecular flexibility index (Phi) is 6.21. The number of ether oxygens (including phenoxy) is 2. The summed E-state index contributed by atoms with van der Waals surface area (Å²) in [7, 11) is 0. The van der Waals surface area contributed by atoms with E-state index in [1.54, 1.807) is 0 Å². The highest BCUT2D eigenvalue weighted by molar-refractivity contribution is 7.81. The van der Waals surface area contributed by atoms with Crippen molar-refractivity contribution in [1.29, 1.82) is 5.26 Å². The van der Waals surface area contributed by atoms with Crippen LogP contribution in [0.1, 0.15) is 25.0 Å². The van der Waals surface area contributed by atoms with Crippen LogP contribution in [-0.2, 0) is 15.7 Å². The second-order valence-electron chi connectivity index (χ2n) is 8.53. The molecule has 7 nitrogen and oxygen atoms in total. The zero-order valence-corrected chi connectivity index (χ0v) is 19.3. The van der Waals surface area contributed by atoms with E-state index in [1.165, 1.54) is 43.0 Å². The lowest BCUT2D eigenvalue weighted by atomic mass is 10.0. The van der Waals surface area contributed by atoms with E-state index in [0.29, 0.717) is 6.07 Å². The first kappa shape index (κ1) is 24.8. The monoisotopic (exact) mass is 509 g/mol. The van der Waals surface area contributed by atoms with Gasteiger partial charge >= 0.3 is 6.18 Å². The first-order valence-corrected chi connectivity index (χ1v) is 10.8. The molecule has 1 amide bonds. The predicted molar refractivity (Wildman–Crippen MR) is 120 cm³/mol. The minimum atomic E-state index is -4.82. The van der Waals surface area contributed by atoms with E-state index >= 15 is 0 Å². The fourth-order valence-electron chi connectivity index (χ4n) is 3.98. The third-order valence-electron chi connectivity index (χ3n) is 5.81. The van der Waals surface area contributed by atoms with Gasteiger partial charge in [0.15, 0.2) is 22.8 Å². The Morgan fingerprint density at radius 2 is 1.89 bits per heavy atom. The molecule has 0 spiro atoms. The zero-order chi connectivity index (χ0) is 25.7. The van der Waals surface area contributed by atoms with Gasteiger partial charge in [-0.05, 0) is 56.4 Å². The molecule has 0 aromatic heterocycles. The molecule has 2 heterocycles. The summed E-state index contributed by atoms with van der Waals surface area (Å²) in [6.45, 7) is 3.18. The van der Waals surface area contributed by atoms with Crippen molar-refractivity contribution in [2.75, 3.05) is 23.0 Å². The molecule has 0 aliphatic carbocycles. The number of halogens is 4. The first-order chi connectivity index (χ1) is 16.4. The van der Waals surface area contributed by atoms with Crippen LogP contribution in [0.25, 0.3) is 0 Å². The highest BCUT2D eigenvalue weighted by atomic mass is 32.1. The predicted octanol–water partition coefficient (Wildman–Crippen LogP) is 3.77. The van der Waals surface area contributed by atoms with Gasteiger partial charge in [-0.25, -0.2) is 4.39 Å². The number of nitriles is 1. The Bertz CT molecular complexity index is 1240. The Morgan fingerprint density at radius 3 is 2.46 bits per heavy atom. The topological polar surface area (TPSA) is 86.0 Å². The van der Waals surface area contributed by atoms with Crippen LogP contribution in [0.3, 0.4) is 0 Å². The Morgan fingerprint density at radius 1 is 1.20 bits per heavy atom. The molecule has 2 aromatic carbocycles. The number of anilines is 2. The summed E-state index contributed by atoms with van der Waals surface area (Å²) in [6.07, 6.45) is -6.47. The van der Waals surface area contributed by atoms with Crippen molar-refractivity contribution in [3.63, 3.8) is 0 Å². The van der Waals surface area contributed by atoms with Crippen LogP contribution < -0.4 is 14.5 Å². The van der Waals surface area contributed by atoms with E-state index in [9.17, 15) is 27.5 Å². The van der Waals surface area contributed by atoms with Gasteiger partial charge in [0.25, 0.3) is 5.91 Å². The molecule has 4 rings (SSSR count). The molecule has 2 fully saturated rings. The standard InChI is InChI=1S/C23H19F4N3O4S/c1-22(2)20(32)29(13-4-3-12(9-28)15(7-13)23(25,26)27)21(35)30(22)14-5-6-18(16(24)8-14)34-19-11-33-10-17(19)31/h3-8,17,19,31H,10-11H2,1-2H3/t17-,19+/m0/s1. The highest BCUT2D eigenvalue weighted by Crippen LogP contribution is 2.40. The molecule has 0 saturated carbocycles. The van der Waals surface area contributed by atoms with Crippen molar-refractivity contribution in [1.82, 2.24) is 0 Å². The molecule has 2 saturated heterocycles. The molecule has 12 heteroatoms. The van der Waals surface area contributed by atoms with Crippen molar-refractivity contribution in [2.24, 2.45) is 0 Å². The molecule has 0 unspecified atom stereocenters. The lowest BCUT2D eigenvalue weighted by Crippen LogP contribution is -2.44. The molecule has 2 aliphatic rings. The van der Waals surface area contributed by atoms with Crippen LogP contribution >= 0.6 is 12.2 Å². The maximum atomic E-state index is 14.9. The Hall–Kier alpha value is -3.27. The number of amides is 1. The van der Waals surface area contributed by atoms with Crippen LogP contribution in [-0.4, -0.2) is 47.1 Å². The number of benzene rings is 2. The van der Waals surface area contributed by atoms with Crippen LogP contribution in [0.5, 0.6) is 5.75 Å². The maximum absolute atomic E-state index is 14.9. The second-order valence-corrected chi connectivity index (χ2v) is 8.90. The van der Waals surface area contributed by atoms with Crippen molar-refractivity contribution < 1.29 is 36.9 Å². The number of nitrogens with zero attached hydrogens (tertiary/aromatic N) is 3. The number of hydrogen-bond acceptors (Lipinski definition) is 6.